The molecule has 4 heteroatoms. The lowest BCUT2D eigenvalue weighted by atomic mass is 9.81. The molecule has 0 saturated carbocycles. The number of fused-ring (bicyclic) bond motifs is 11. The van der Waals surface area contributed by atoms with Crippen molar-refractivity contribution in [1.29, 1.82) is 0 Å². The standard InChI is InChI=1S/C56H40N2O2/c1-55(2)45-19-11-17-39(51(45)41-25-21-35(31-47(41)55)33-13-7-5-8-14-33)37-23-27-49-43(29-37)53(59)58-54(60)44-30-38(24-28-50(44)57(49)58)40-18-12-20-46-52(40)42-26-22-36(32-48(42)56(46,3)4)34-15-9-6-10-16-34/h5-32H,1-4H3. The van der Waals surface area contributed by atoms with Gasteiger partial charge in [-0.15, -0.1) is 0 Å². The molecule has 0 saturated heterocycles. The molecule has 2 aliphatic carbocycles. The van der Waals surface area contributed by atoms with Crippen LogP contribution in [0.15, 0.2) is 179 Å². The number of nitrogens with zero attached hydrogens (tertiary/aromatic N) is 2. The zero-order valence-electron chi connectivity index (χ0n) is 33.9. The van der Waals surface area contributed by atoms with E-state index in [1.165, 1.54) is 71.3 Å². The molecule has 0 radical (unpaired) electrons. The molecule has 0 aliphatic heterocycles. The minimum atomic E-state index is -0.305. The average Bonchev–Trinajstić information content (AvgIpc) is 3.91. The molecule has 2 heterocycles. The molecular weight excluding hydrogens is 733 g/mol. The number of rotatable bonds is 4. The molecule has 0 unspecified atom stereocenters. The van der Waals surface area contributed by atoms with Gasteiger partial charge in [-0.3, -0.25) is 9.59 Å². The molecule has 0 N–H and O–H groups in total. The van der Waals surface area contributed by atoms with Crippen molar-refractivity contribution in [3.05, 3.63) is 213 Å². The van der Waals surface area contributed by atoms with E-state index in [-0.39, 0.29) is 21.9 Å². The van der Waals surface area contributed by atoms with Gasteiger partial charge in [0, 0.05) is 10.8 Å². The van der Waals surface area contributed by atoms with Gasteiger partial charge in [-0.1, -0.05) is 161 Å². The second-order valence-electron chi connectivity index (χ2n) is 17.7. The Kier molecular flexibility index (Phi) is 7.01. The Bertz CT molecular complexity index is 3340. The van der Waals surface area contributed by atoms with Crippen LogP contribution in [0, 0.1) is 0 Å². The van der Waals surface area contributed by atoms with Gasteiger partial charge in [0.05, 0.1) is 21.8 Å². The molecule has 8 aromatic carbocycles. The van der Waals surface area contributed by atoms with Gasteiger partial charge in [0.2, 0.25) is 0 Å². The summed E-state index contributed by atoms with van der Waals surface area (Å²) in [6, 6.07) is 59.8. The van der Waals surface area contributed by atoms with E-state index >= 15 is 0 Å². The first-order valence-electron chi connectivity index (χ1n) is 20.8. The molecule has 10 aromatic rings. The highest BCUT2D eigenvalue weighted by molar-refractivity contribution is 5.99. The molecule has 0 spiro atoms. The molecule has 2 aliphatic rings. The van der Waals surface area contributed by atoms with Crippen molar-refractivity contribution in [3.63, 3.8) is 0 Å². The smallest absolute Gasteiger partial charge is 0.267 e. The number of hydrogen-bond donors (Lipinski definition) is 0. The Morgan fingerprint density at radius 2 is 0.750 bits per heavy atom. The van der Waals surface area contributed by atoms with E-state index in [9.17, 15) is 9.59 Å². The van der Waals surface area contributed by atoms with E-state index in [4.69, 9.17) is 0 Å². The van der Waals surface area contributed by atoms with Crippen molar-refractivity contribution in [3.8, 4) is 66.8 Å². The topological polar surface area (TPSA) is 43.0 Å². The van der Waals surface area contributed by atoms with Crippen molar-refractivity contribution in [2.24, 2.45) is 0 Å². The molecule has 286 valence electrons. The zero-order valence-corrected chi connectivity index (χ0v) is 33.9. The average molecular weight is 773 g/mol. The summed E-state index contributed by atoms with van der Waals surface area (Å²) in [6.45, 7) is 9.19. The Morgan fingerprint density at radius 1 is 0.333 bits per heavy atom. The summed E-state index contributed by atoms with van der Waals surface area (Å²) in [6.07, 6.45) is 0. The number of aromatic nitrogens is 2. The highest BCUT2D eigenvalue weighted by atomic mass is 16.2. The predicted octanol–water partition coefficient (Wildman–Crippen LogP) is 12.8. The van der Waals surface area contributed by atoms with Crippen molar-refractivity contribution in [1.82, 2.24) is 9.03 Å². The van der Waals surface area contributed by atoms with Gasteiger partial charge < -0.3 is 0 Å². The molecular formula is C56H40N2O2. The largest absolute Gasteiger partial charge is 0.282 e. The summed E-state index contributed by atoms with van der Waals surface area (Å²) in [7, 11) is 0. The summed E-state index contributed by atoms with van der Waals surface area (Å²) in [5, 5.41) is 1.05. The fraction of sp³-hybridized carbons (Fsp3) is 0.107. The maximum atomic E-state index is 14.4. The zero-order chi connectivity index (χ0) is 40.7. The van der Waals surface area contributed by atoms with Crippen molar-refractivity contribution in [2.75, 3.05) is 0 Å². The third-order valence-corrected chi connectivity index (χ3v) is 13.7. The van der Waals surface area contributed by atoms with E-state index in [1.807, 2.05) is 36.4 Å². The second kappa shape index (κ2) is 12.1. The molecule has 0 bridgehead atoms. The Labute approximate surface area is 347 Å². The third kappa shape index (κ3) is 4.62. The summed E-state index contributed by atoms with van der Waals surface area (Å²) >= 11 is 0. The molecule has 60 heavy (non-hydrogen) atoms. The number of benzene rings is 8. The van der Waals surface area contributed by atoms with Gasteiger partial charge in [0.25, 0.3) is 11.1 Å². The van der Waals surface area contributed by atoms with Crippen LogP contribution in [0.4, 0.5) is 0 Å². The lowest BCUT2D eigenvalue weighted by Gasteiger charge is -2.22. The molecule has 12 rings (SSSR count). The molecule has 0 atom stereocenters. The fourth-order valence-corrected chi connectivity index (χ4v) is 10.6. The summed E-state index contributed by atoms with van der Waals surface area (Å²) in [4.78, 5) is 28.7. The highest BCUT2D eigenvalue weighted by Crippen LogP contribution is 2.54. The quantitative estimate of drug-likeness (QED) is 0.179. The maximum Gasteiger partial charge on any atom is 0.282 e. The van der Waals surface area contributed by atoms with Gasteiger partial charge in [-0.25, -0.2) is 4.52 Å². The maximum absolute atomic E-state index is 14.4. The lowest BCUT2D eigenvalue weighted by molar-refractivity contribution is 0.660. The van der Waals surface area contributed by atoms with E-state index in [1.54, 1.807) is 4.52 Å². The summed E-state index contributed by atoms with van der Waals surface area (Å²) < 4.78 is 3.13. The van der Waals surface area contributed by atoms with Gasteiger partial charge in [-0.2, -0.15) is 4.52 Å². The van der Waals surface area contributed by atoms with Crippen LogP contribution in [0.5, 0.6) is 0 Å². The first-order valence-corrected chi connectivity index (χ1v) is 20.8. The van der Waals surface area contributed by atoms with Gasteiger partial charge >= 0.3 is 0 Å². The monoisotopic (exact) mass is 772 g/mol. The third-order valence-electron chi connectivity index (χ3n) is 13.7. The van der Waals surface area contributed by atoms with Gasteiger partial charge in [-0.05, 0) is 125 Å². The van der Waals surface area contributed by atoms with Gasteiger partial charge in [0.15, 0.2) is 0 Å². The minimum absolute atomic E-state index is 0.202. The van der Waals surface area contributed by atoms with E-state index < -0.39 is 0 Å². The molecule has 2 aromatic heterocycles. The second-order valence-corrected chi connectivity index (χ2v) is 17.7. The molecule has 4 nitrogen and oxygen atoms in total. The lowest BCUT2D eigenvalue weighted by Crippen LogP contribution is -2.21. The first-order chi connectivity index (χ1) is 29.1. The molecule has 0 fully saturated rings. The fourth-order valence-electron chi connectivity index (χ4n) is 10.6. The van der Waals surface area contributed by atoms with Crippen molar-refractivity contribution >= 4 is 21.8 Å². The Hall–Kier alpha value is -7.30. The van der Waals surface area contributed by atoms with E-state index in [0.29, 0.717) is 10.8 Å². The van der Waals surface area contributed by atoms with Crippen LogP contribution in [-0.2, 0) is 10.8 Å². The summed E-state index contributed by atoms with van der Waals surface area (Å²) in [5.41, 5.74) is 19.3. The predicted molar refractivity (Wildman–Crippen MR) is 246 cm³/mol. The SMILES string of the molecule is CC1(C)c2cc(-c3ccccc3)ccc2-c2c(-c3ccc4c(c3)c(=O)n3c(=O)c5cc(-c6cccc7c6-c6ccc(-c8ccccc8)cc6C7(C)C)ccc5n43)cccc21. The highest BCUT2D eigenvalue weighted by Gasteiger charge is 2.38. The van der Waals surface area contributed by atoms with Crippen LogP contribution in [0.2, 0.25) is 0 Å². The Morgan fingerprint density at radius 3 is 1.18 bits per heavy atom. The Balaban J connectivity index is 0.971. The number of hydrogen-bond acceptors (Lipinski definition) is 2. The van der Waals surface area contributed by atoms with E-state index in [2.05, 4.69) is 161 Å². The van der Waals surface area contributed by atoms with Crippen LogP contribution in [-0.4, -0.2) is 9.03 Å². The normalized spacial score (nSPS) is 14.4. The van der Waals surface area contributed by atoms with Crippen LogP contribution >= 0.6 is 0 Å². The van der Waals surface area contributed by atoms with Crippen LogP contribution < -0.4 is 11.1 Å². The molecule has 0 amide bonds. The van der Waals surface area contributed by atoms with E-state index in [0.717, 1.165) is 33.3 Å². The van der Waals surface area contributed by atoms with Crippen molar-refractivity contribution in [2.45, 2.75) is 38.5 Å². The summed E-state index contributed by atoms with van der Waals surface area (Å²) in [5.74, 6) is 0. The van der Waals surface area contributed by atoms with Crippen LogP contribution in [0.1, 0.15) is 49.9 Å². The van der Waals surface area contributed by atoms with Crippen molar-refractivity contribution < 1.29 is 0 Å². The van der Waals surface area contributed by atoms with Gasteiger partial charge in [0.1, 0.15) is 0 Å². The minimum Gasteiger partial charge on any atom is -0.267 e. The van der Waals surface area contributed by atoms with Crippen LogP contribution in [0.25, 0.3) is 88.6 Å². The first kappa shape index (κ1) is 34.7. The van der Waals surface area contributed by atoms with Crippen LogP contribution in [0.3, 0.4) is 0 Å².